The van der Waals surface area contributed by atoms with Crippen LogP contribution in [-0.2, 0) is 9.53 Å². The third-order valence-corrected chi connectivity index (χ3v) is 2.55. The summed E-state index contributed by atoms with van der Waals surface area (Å²) in [4.78, 5) is 11.6. The molecule has 0 spiro atoms. The molecule has 1 aromatic rings. The minimum atomic E-state index is -1.47. The fourth-order valence-electron chi connectivity index (χ4n) is 1.23. The third-order valence-electron chi connectivity index (χ3n) is 2.09. The summed E-state index contributed by atoms with van der Waals surface area (Å²) in [7, 11) is 0. The van der Waals surface area contributed by atoms with Gasteiger partial charge in [-0.25, -0.2) is 13.6 Å². The van der Waals surface area contributed by atoms with Gasteiger partial charge in [0.1, 0.15) is 0 Å². The van der Waals surface area contributed by atoms with Crippen molar-refractivity contribution in [1.82, 2.24) is 0 Å². The fraction of sp³-hybridized carbons (Fsp3) is 0.417. The molecule has 18 heavy (non-hydrogen) atoms. The van der Waals surface area contributed by atoms with Crippen LogP contribution in [0.25, 0.3) is 0 Å². The van der Waals surface area contributed by atoms with Gasteiger partial charge >= 0.3 is 5.97 Å². The highest BCUT2D eigenvalue weighted by Gasteiger charge is 2.33. The van der Waals surface area contributed by atoms with E-state index in [1.165, 1.54) is 13.8 Å². The van der Waals surface area contributed by atoms with Gasteiger partial charge in [0.05, 0.1) is 6.61 Å². The maximum Gasteiger partial charge on any atom is 0.349 e. The number of hydrogen-bond acceptors (Lipinski definition) is 3. The molecule has 0 bridgehead atoms. The largest absolute Gasteiger partial charge is 0.470 e. The second kappa shape index (κ2) is 5.65. The average Bonchev–Trinajstić information content (AvgIpc) is 2.23. The standard InChI is InChI=1S/C12H13BrF2O3/c1-4-17-11(16)12(2,3)18-10-8(14)5-7(13)6-9(10)15/h5-6H,4H2,1-3H3. The molecule has 1 rings (SSSR count). The molecule has 0 radical (unpaired) electrons. The highest BCUT2D eigenvalue weighted by Crippen LogP contribution is 2.29. The van der Waals surface area contributed by atoms with Crippen LogP contribution in [0, 0.1) is 11.6 Å². The van der Waals surface area contributed by atoms with E-state index in [0.29, 0.717) is 0 Å². The van der Waals surface area contributed by atoms with E-state index in [2.05, 4.69) is 15.9 Å². The SMILES string of the molecule is CCOC(=O)C(C)(C)Oc1c(F)cc(Br)cc1F. The maximum absolute atomic E-state index is 13.5. The molecule has 0 N–H and O–H groups in total. The molecule has 100 valence electrons. The molecule has 0 unspecified atom stereocenters. The molecular weight excluding hydrogens is 310 g/mol. The highest BCUT2D eigenvalue weighted by molar-refractivity contribution is 9.10. The van der Waals surface area contributed by atoms with E-state index in [1.54, 1.807) is 6.92 Å². The van der Waals surface area contributed by atoms with Crippen LogP contribution >= 0.6 is 15.9 Å². The van der Waals surface area contributed by atoms with E-state index in [0.717, 1.165) is 12.1 Å². The molecule has 1 aromatic carbocycles. The second-order valence-corrected chi connectivity index (χ2v) is 4.95. The van der Waals surface area contributed by atoms with Gasteiger partial charge in [0.15, 0.2) is 23.0 Å². The van der Waals surface area contributed by atoms with Gasteiger partial charge in [0.2, 0.25) is 0 Å². The molecule has 0 amide bonds. The number of carbonyl (C=O) groups excluding carboxylic acids is 1. The quantitative estimate of drug-likeness (QED) is 0.796. The van der Waals surface area contributed by atoms with Crippen LogP contribution in [-0.4, -0.2) is 18.2 Å². The van der Waals surface area contributed by atoms with Crippen LogP contribution in [0.4, 0.5) is 8.78 Å². The maximum atomic E-state index is 13.5. The molecule has 0 heterocycles. The molecule has 0 aliphatic rings. The molecule has 0 saturated heterocycles. The summed E-state index contributed by atoms with van der Waals surface area (Å²) in [5, 5.41) is 0. The van der Waals surface area contributed by atoms with Gasteiger partial charge in [-0.05, 0) is 32.9 Å². The Morgan fingerprint density at radius 2 is 1.83 bits per heavy atom. The summed E-state index contributed by atoms with van der Waals surface area (Å²) in [6, 6.07) is 2.11. The molecule has 0 aliphatic heterocycles. The van der Waals surface area contributed by atoms with Crippen LogP contribution in [0.2, 0.25) is 0 Å². The molecule has 0 aliphatic carbocycles. The smallest absolute Gasteiger partial charge is 0.349 e. The number of rotatable bonds is 4. The van der Waals surface area contributed by atoms with Crippen molar-refractivity contribution in [2.75, 3.05) is 6.61 Å². The van der Waals surface area contributed by atoms with Crippen molar-refractivity contribution in [2.45, 2.75) is 26.4 Å². The van der Waals surface area contributed by atoms with E-state index < -0.39 is 29.0 Å². The van der Waals surface area contributed by atoms with Gasteiger partial charge in [-0.2, -0.15) is 0 Å². The molecule has 0 aromatic heterocycles. The first-order chi connectivity index (χ1) is 8.27. The number of esters is 1. The van der Waals surface area contributed by atoms with Crippen molar-refractivity contribution in [3.05, 3.63) is 28.2 Å². The first-order valence-electron chi connectivity index (χ1n) is 5.28. The molecular formula is C12H13BrF2O3. The summed E-state index contributed by atoms with van der Waals surface area (Å²) in [6.07, 6.45) is 0. The topological polar surface area (TPSA) is 35.5 Å². The van der Waals surface area contributed by atoms with Crippen molar-refractivity contribution < 1.29 is 23.0 Å². The van der Waals surface area contributed by atoms with Crippen LogP contribution < -0.4 is 4.74 Å². The van der Waals surface area contributed by atoms with Crippen LogP contribution in [0.15, 0.2) is 16.6 Å². The summed E-state index contributed by atoms with van der Waals surface area (Å²) in [6.45, 7) is 4.56. The Labute approximate surface area is 112 Å². The zero-order valence-corrected chi connectivity index (χ0v) is 11.8. The van der Waals surface area contributed by atoms with Crippen molar-refractivity contribution in [3.63, 3.8) is 0 Å². The predicted molar refractivity (Wildman–Crippen MR) is 65.4 cm³/mol. The van der Waals surface area contributed by atoms with Gasteiger partial charge in [0, 0.05) is 4.47 Å². The molecule has 0 fully saturated rings. The Balaban J connectivity index is 3.00. The zero-order chi connectivity index (χ0) is 13.9. The molecule has 3 nitrogen and oxygen atoms in total. The number of carbonyl (C=O) groups is 1. The Morgan fingerprint density at radius 3 is 2.28 bits per heavy atom. The normalized spacial score (nSPS) is 11.2. The summed E-state index contributed by atoms with van der Waals surface area (Å²) >= 11 is 2.95. The van der Waals surface area contributed by atoms with Gasteiger partial charge in [-0.3, -0.25) is 0 Å². The average molecular weight is 323 g/mol. The summed E-state index contributed by atoms with van der Waals surface area (Å²) in [5.74, 6) is -3.07. The zero-order valence-electron chi connectivity index (χ0n) is 10.2. The lowest BCUT2D eigenvalue weighted by Gasteiger charge is -2.24. The molecule has 0 atom stereocenters. The Bertz CT molecular complexity index is 438. The lowest BCUT2D eigenvalue weighted by atomic mass is 10.1. The number of ether oxygens (including phenoxy) is 2. The first kappa shape index (κ1) is 14.9. The van der Waals surface area contributed by atoms with E-state index in [1.807, 2.05) is 0 Å². The van der Waals surface area contributed by atoms with Crippen molar-refractivity contribution in [3.8, 4) is 5.75 Å². The van der Waals surface area contributed by atoms with E-state index in [9.17, 15) is 13.6 Å². The van der Waals surface area contributed by atoms with E-state index in [-0.39, 0.29) is 11.1 Å². The number of benzene rings is 1. The third kappa shape index (κ3) is 3.41. The van der Waals surface area contributed by atoms with Crippen molar-refractivity contribution in [2.24, 2.45) is 0 Å². The van der Waals surface area contributed by atoms with Gasteiger partial charge < -0.3 is 9.47 Å². The van der Waals surface area contributed by atoms with Crippen molar-refractivity contribution in [1.29, 1.82) is 0 Å². The predicted octanol–water partition coefficient (Wildman–Crippen LogP) is 3.45. The first-order valence-corrected chi connectivity index (χ1v) is 6.08. The Kier molecular flexibility index (Phi) is 4.67. The van der Waals surface area contributed by atoms with Crippen LogP contribution in [0.1, 0.15) is 20.8 Å². The Hall–Kier alpha value is -1.17. The van der Waals surface area contributed by atoms with Gasteiger partial charge in [0.25, 0.3) is 0 Å². The lowest BCUT2D eigenvalue weighted by molar-refractivity contribution is -0.159. The monoisotopic (exact) mass is 322 g/mol. The minimum Gasteiger partial charge on any atom is -0.470 e. The van der Waals surface area contributed by atoms with Crippen LogP contribution in [0.5, 0.6) is 5.75 Å². The minimum absolute atomic E-state index is 0.164. The van der Waals surface area contributed by atoms with Crippen LogP contribution in [0.3, 0.4) is 0 Å². The summed E-state index contributed by atoms with van der Waals surface area (Å²) < 4.78 is 37.2. The highest BCUT2D eigenvalue weighted by atomic mass is 79.9. The van der Waals surface area contributed by atoms with E-state index in [4.69, 9.17) is 9.47 Å². The number of hydrogen-bond donors (Lipinski definition) is 0. The molecule has 0 saturated carbocycles. The fourth-order valence-corrected chi connectivity index (χ4v) is 1.63. The van der Waals surface area contributed by atoms with Gasteiger partial charge in [-0.1, -0.05) is 15.9 Å². The van der Waals surface area contributed by atoms with E-state index >= 15 is 0 Å². The lowest BCUT2D eigenvalue weighted by Crippen LogP contribution is -2.40. The van der Waals surface area contributed by atoms with Gasteiger partial charge in [-0.15, -0.1) is 0 Å². The summed E-state index contributed by atoms with van der Waals surface area (Å²) in [5.41, 5.74) is -1.47. The second-order valence-electron chi connectivity index (χ2n) is 4.03. The Morgan fingerprint density at radius 1 is 1.33 bits per heavy atom. The molecule has 6 heteroatoms. The number of halogens is 3. The van der Waals surface area contributed by atoms with Crippen molar-refractivity contribution >= 4 is 21.9 Å².